The molecule has 0 amide bonds. The summed E-state index contributed by atoms with van der Waals surface area (Å²) in [4.78, 5) is 11.4. The van der Waals surface area contributed by atoms with E-state index in [4.69, 9.17) is 0 Å². The van der Waals surface area contributed by atoms with Crippen molar-refractivity contribution in [3.05, 3.63) is 48.0 Å². The number of aryl methyl sites for hydroxylation is 1. The molecule has 1 aromatic carbocycles. The third-order valence-corrected chi connectivity index (χ3v) is 4.01. The first kappa shape index (κ1) is 14.0. The zero-order chi connectivity index (χ0) is 13.3. The number of carbonyl (C=O) groups is 1. The largest absolute Gasteiger partial charge is 0.295 e. The summed E-state index contributed by atoms with van der Waals surface area (Å²) in [5.74, 6) is 1.13. The number of hydrogen-bond donors (Lipinski definition) is 0. The molecule has 1 heteroatoms. The van der Waals surface area contributed by atoms with Crippen LogP contribution in [0.4, 0.5) is 0 Å². The van der Waals surface area contributed by atoms with Gasteiger partial charge in [-0.05, 0) is 49.7 Å². The lowest BCUT2D eigenvalue weighted by Gasteiger charge is -2.16. The highest BCUT2D eigenvalue weighted by Gasteiger charge is 2.10. The van der Waals surface area contributed by atoms with Gasteiger partial charge in [-0.15, -0.1) is 0 Å². The van der Waals surface area contributed by atoms with Gasteiger partial charge in [0, 0.05) is 6.42 Å². The summed E-state index contributed by atoms with van der Waals surface area (Å²) in [5, 5.41) is 0. The molecule has 0 N–H and O–H groups in total. The van der Waals surface area contributed by atoms with Crippen molar-refractivity contribution in [3.63, 3.8) is 0 Å². The van der Waals surface area contributed by atoms with Gasteiger partial charge in [0.2, 0.25) is 0 Å². The summed E-state index contributed by atoms with van der Waals surface area (Å²) < 4.78 is 0. The molecule has 1 aromatic rings. The van der Waals surface area contributed by atoms with E-state index in [0.29, 0.717) is 5.78 Å². The van der Waals surface area contributed by atoms with Gasteiger partial charge >= 0.3 is 0 Å². The van der Waals surface area contributed by atoms with Gasteiger partial charge in [0.15, 0.2) is 5.78 Å². The molecule has 0 aromatic heterocycles. The van der Waals surface area contributed by atoms with Gasteiger partial charge in [-0.3, -0.25) is 4.79 Å². The van der Waals surface area contributed by atoms with Crippen LogP contribution in [0.5, 0.6) is 0 Å². The highest BCUT2D eigenvalue weighted by Crippen LogP contribution is 2.23. The topological polar surface area (TPSA) is 17.1 Å². The van der Waals surface area contributed by atoms with Crippen LogP contribution in [-0.2, 0) is 11.2 Å². The number of carbonyl (C=O) groups excluding carboxylic acids is 1. The van der Waals surface area contributed by atoms with E-state index >= 15 is 0 Å². The van der Waals surface area contributed by atoms with Crippen molar-refractivity contribution in [2.75, 3.05) is 0 Å². The SMILES string of the molecule is O=C1/C=C/CCC(CCc2ccccc2)CCCC1. The van der Waals surface area contributed by atoms with Crippen LogP contribution in [0.15, 0.2) is 42.5 Å². The lowest BCUT2D eigenvalue weighted by Crippen LogP contribution is -2.05. The van der Waals surface area contributed by atoms with Gasteiger partial charge in [-0.2, -0.15) is 0 Å². The van der Waals surface area contributed by atoms with E-state index in [0.717, 1.165) is 25.2 Å². The van der Waals surface area contributed by atoms with Crippen molar-refractivity contribution < 1.29 is 4.79 Å². The van der Waals surface area contributed by atoms with Crippen molar-refractivity contribution >= 4 is 5.78 Å². The Morgan fingerprint density at radius 1 is 1.05 bits per heavy atom. The Morgan fingerprint density at radius 3 is 2.74 bits per heavy atom. The van der Waals surface area contributed by atoms with Crippen molar-refractivity contribution in [2.24, 2.45) is 5.92 Å². The predicted octanol–water partition coefficient (Wildman–Crippen LogP) is 4.71. The highest BCUT2D eigenvalue weighted by molar-refractivity contribution is 5.89. The minimum atomic E-state index is 0.308. The first-order valence-electron chi connectivity index (χ1n) is 7.58. The fourth-order valence-electron chi connectivity index (χ4n) is 2.81. The summed E-state index contributed by atoms with van der Waals surface area (Å²) in [6.45, 7) is 0. The minimum absolute atomic E-state index is 0.308. The molecular formula is C18H24O. The van der Waals surface area contributed by atoms with Crippen LogP contribution in [0.2, 0.25) is 0 Å². The standard InChI is InChI=1S/C18H24O/c19-18-12-6-4-10-17(11-5-7-13-18)15-14-16-8-2-1-3-9-16/h1-3,6,8-9,12,17H,4-5,7,10-11,13-15H2/b12-6+. The normalized spacial score (nSPS) is 22.9. The molecule has 1 aliphatic carbocycles. The average Bonchev–Trinajstić information content (AvgIpc) is 2.45. The minimum Gasteiger partial charge on any atom is -0.295 e. The van der Waals surface area contributed by atoms with E-state index < -0.39 is 0 Å². The maximum atomic E-state index is 11.4. The Morgan fingerprint density at radius 2 is 1.89 bits per heavy atom. The molecule has 2 rings (SSSR count). The van der Waals surface area contributed by atoms with Gasteiger partial charge in [-0.25, -0.2) is 0 Å². The van der Waals surface area contributed by atoms with Crippen molar-refractivity contribution in [2.45, 2.75) is 51.4 Å². The molecule has 0 saturated carbocycles. The van der Waals surface area contributed by atoms with Crippen molar-refractivity contribution in [1.29, 1.82) is 0 Å². The molecule has 102 valence electrons. The Kier molecular flexibility index (Phi) is 5.87. The number of allylic oxidation sites excluding steroid dienone is 2. The van der Waals surface area contributed by atoms with Crippen LogP contribution >= 0.6 is 0 Å². The lowest BCUT2D eigenvalue weighted by atomic mass is 9.89. The molecule has 1 aliphatic rings. The monoisotopic (exact) mass is 256 g/mol. The number of hydrogen-bond acceptors (Lipinski definition) is 1. The first-order valence-corrected chi connectivity index (χ1v) is 7.58. The molecule has 0 saturated heterocycles. The third-order valence-electron chi connectivity index (χ3n) is 4.01. The number of benzene rings is 1. The summed E-state index contributed by atoms with van der Waals surface area (Å²) in [6, 6.07) is 10.8. The molecule has 1 unspecified atom stereocenters. The molecule has 1 nitrogen and oxygen atoms in total. The zero-order valence-corrected chi connectivity index (χ0v) is 11.7. The van der Waals surface area contributed by atoms with E-state index in [1.165, 1.54) is 37.7 Å². The average molecular weight is 256 g/mol. The number of ketones is 1. The second-order valence-electron chi connectivity index (χ2n) is 5.58. The van der Waals surface area contributed by atoms with Crippen LogP contribution in [0.25, 0.3) is 0 Å². The van der Waals surface area contributed by atoms with Crippen LogP contribution in [-0.4, -0.2) is 5.78 Å². The molecule has 0 heterocycles. The lowest BCUT2D eigenvalue weighted by molar-refractivity contribution is -0.114. The Balaban J connectivity index is 1.81. The van der Waals surface area contributed by atoms with E-state index in [-0.39, 0.29) is 0 Å². The molecular weight excluding hydrogens is 232 g/mol. The van der Waals surface area contributed by atoms with Crippen LogP contribution in [0.3, 0.4) is 0 Å². The van der Waals surface area contributed by atoms with Crippen molar-refractivity contribution in [1.82, 2.24) is 0 Å². The second-order valence-corrected chi connectivity index (χ2v) is 5.58. The predicted molar refractivity (Wildman–Crippen MR) is 80.1 cm³/mol. The first-order chi connectivity index (χ1) is 9.34. The van der Waals surface area contributed by atoms with Crippen LogP contribution in [0, 0.1) is 5.92 Å². The second kappa shape index (κ2) is 7.93. The Bertz CT molecular complexity index is 405. The Hall–Kier alpha value is -1.37. The van der Waals surface area contributed by atoms with E-state index in [1.807, 2.05) is 0 Å². The molecule has 19 heavy (non-hydrogen) atoms. The molecule has 0 aliphatic heterocycles. The smallest absolute Gasteiger partial charge is 0.155 e. The van der Waals surface area contributed by atoms with Crippen LogP contribution in [0.1, 0.15) is 50.5 Å². The van der Waals surface area contributed by atoms with E-state index in [1.54, 1.807) is 6.08 Å². The maximum absolute atomic E-state index is 11.4. The van der Waals surface area contributed by atoms with Crippen LogP contribution < -0.4 is 0 Å². The van der Waals surface area contributed by atoms with Gasteiger partial charge in [0.25, 0.3) is 0 Å². The van der Waals surface area contributed by atoms with E-state index in [2.05, 4.69) is 36.4 Å². The third kappa shape index (κ3) is 5.42. The van der Waals surface area contributed by atoms with E-state index in [9.17, 15) is 4.79 Å². The molecule has 0 fully saturated rings. The maximum Gasteiger partial charge on any atom is 0.155 e. The van der Waals surface area contributed by atoms with Crippen molar-refractivity contribution in [3.8, 4) is 0 Å². The highest BCUT2D eigenvalue weighted by atomic mass is 16.1. The van der Waals surface area contributed by atoms with Gasteiger partial charge in [0.1, 0.15) is 0 Å². The summed E-state index contributed by atoms with van der Waals surface area (Å²) in [7, 11) is 0. The fraction of sp³-hybridized carbons (Fsp3) is 0.500. The summed E-state index contributed by atoms with van der Waals surface area (Å²) in [5.41, 5.74) is 1.45. The zero-order valence-electron chi connectivity index (χ0n) is 11.7. The van der Waals surface area contributed by atoms with Gasteiger partial charge in [-0.1, -0.05) is 49.2 Å². The fourth-order valence-corrected chi connectivity index (χ4v) is 2.81. The summed E-state index contributed by atoms with van der Waals surface area (Å²) >= 11 is 0. The quantitative estimate of drug-likeness (QED) is 0.765. The number of rotatable bonds is 3. The molecule has 0 bridgehead atoms. The Labute approximate surface area is 116 Å². The molecule has 1 atom stereocenters. The molecule has 0 spiro atoms. The molecule has 0 radical (unpaired) electrons. The summed E-state index contributed by atoms with van der Waals surface area (Å²) in [6.07, 6.45) is 12.9. The van der Waals surface area contributed by atoms with Gasteiger partial charge < -0.3 is 0 Å². The van der Waals surface area contributed by atoms with Gasteiger partial charge in [0.05, 0.1) is 0 Å².